The van der Waals surface area contributed by atoms with E-state index < -0.39 is 5.97 Å². The zero-order chi connectivity index (χ0) is 11.5. The van der Waals surface area contributed by atoms with Gasteiger partial charge in [-0.15, -0.1) is 0 Å². The molecule has 2 aromatic rings. The van der Waals surface area contributed by atoms with Crippen molar-refractivity contribution in [3.05, 3.63) is 47.1 Å². The van der Waals surface area contributed by atoms with E-state index in [1.54, 1.807) is 12.3 Å². The van der Waals surface area contributed by atoms with E-state index in [0.717, 1.165) is 11.5 Å². The van der Waals surface area contributed by atoms with Crippen LogP contribution in [0.1, 0.15) is 5.56 Å². The van der Waals surface area contributed by atoms with Gasteiger partial charge in [-0.05, 0) is 18.2 Å². The van der Waals surface area contributed by atoms with Crippen molar-refractivity contribution in [1.29, 1.82) is 0 Å². The molecule has 0 unspecified atom stereocenters. The van der Waals surface area contributed by atoms with Gasteiger partial charge in [0.05, 0.1) is 10.5 Å². The Bertz CT molecular complexity index is 578. The van der Waals surface area contributed by atoms with E-state index in [9.17, 15) is 4.79 Å². The van der Waals surface area contributed by atoms with Gasteiger partial charge in [-0.1, -0.05) is 23.7 Å². The number of rotatable bonds is 2. The smallest absolute Gasteiger partial charge is 0.328 e. The first-order chi connectivity index (χ1) is 7.68. The van der Waals surface area contributed by atoms with Gasteiger partial charge >= 0.3 is 5.97 Å². The SMILES string of the molecule is O=C(O)/C=C/c1c(Cl)ccc2cccnc12. The number of carboxylic acid groups (broad SMARTS) is 1. The summed E-state index contributed by atoms with van der Waals surface area (Å²) in [5.74, 6) is -1.01. The summed E-state index contributed by atoms with van der Waals surface area (Å²) in [6, 6.07) is 7.30. The van der Waals surface area contributed by atoms with Crippen molar-refractivity contribution >= 4 is 34.5 Å². The Balaban J connectivity index is 2.66. The Kier molecular flexibility index (Phi) is 2.88. The molecule has 0 saturated carbocycles. The fourth-order valence-corrected chi connectivity index (χ4v) is 1.67. The van der Waals surface area contributed by atoms with Gasteiger partial charge in [0.15, 0.2) is 0 Å². The minimum Gasteiger partial charge on any atom is -0.478 e. The first-order valence-electron chi connectivity index (χ1n) is 4.63. The third kappa shape index (κ3) is 2.04. The average Bonchev–Trinajstić information content (AvgIpc) is 2.27. The van der Waals surface area contributed by atoms with E-state index in [1.165, 1.54) is 6.08 Å². The molecule has 80 valence electrons. The number of fused-ring (bicyclic) bond motifs is 1. The molecule has 0 aliphatic heterocycles. The Morgan fingerprint density at radius 2 is 2.19 bits per heavy atom. The number of pyridine rings is 1. The molecule has 0 bridgehead atoms. The lowest BCUT2D eigenvalue weighted by molar-refractivity contribution is -0.131. The van der Waals surface area contributed by atoms with Crippen molar-refractivity contribution < 1.29 is 9.90 Å². The van der Waals surface area contributed by atoms with Gasteiger partial charge in [0.25, 0.3) is 0 Å². The molecular formula is C12H8ClNO2. The second-order valence-corrected chi connectivity index (χ2v) is 3.61. The van der Waals surface area contributed by atoms with Crippen molar-refractivity contribution in [2.24, 2.45) is 0 Å². The summed E-state index contributed by atoms with van der Waals surface area (Å²) in [7, 11) is 0. The molecular weight excluding hydrogens is 226 g/mol. The highest BCUT2D eigenvalue weighted by Crippen LogP contribution is 2.25. The van der Waals surface area contributed by atoms with Crippen LogP contribution in [-0.4, -0.2) is 16.1 Å². The number of halogens is 1. The molecule has 0 fully saturated rings. The second-order valence-electron chi connectivity index (χ2n) is 3.21. The molecule has 1 N–H and O–H groups in total. The highest BCUT2D eigenvalue weighted by Gasteiger charge is 2.04. The van der Waals surface area contributed by atoms with E-state index in [1.807, 2.05) is 18.2 Å². The quantitative estimate of drug-likeness (QED) is 0.812. The van der Waals surface area contributed by atoms with E-state index in [0.29, 0.717) is 16.1 Å². The second kappa shape index (κ2) is 4.33. The van der Waals surface area contributed by atoms with Gasteiger partial charge in [-0.25, -0.2) is 4.79 Å². The van der Waals surface area contributed by atoms with Gasteiger partial charge in [0.2, 0.25) is 0 Å². The summed E-state index contributed by atoms with van der Waals surface area (Å²) >= 11 is 6.00. The van der Waals surface area contributed by atoms with E-state index >= 15 is 0 Å². The summed E-state index contributed by atoms with van der Waals surface area (Å²) in [6.07, 6.45) is 4.16. The van der Waals surface area contributed by atoms with E-state index in [-0.39, 0.29) is 0 Å². The lowest BCUT2D eigenvalue weighted by Gasteiger charge is -2.03. The molecule has 16 heavy (non-hydrogen) atoms. The van der Waals surface area contributed by atoms with Crippen LogP contribution >= 0.6 is 11.6 Å². The highest BCUT2D eigenvalue weighted by atomic mass is 35.5. The number of carbonyl (C=O) groups is 1. The lowest BCUT2D eigenvalue weighted by Crippen LogP contribution is -1.88. The van der Waals surface area contributed by atoms with Crippen molar-refractivity contribution in [2.45, 2.75) is 0 Å². The molecule has 0 aliphatic carbocycles. The van der Waals surface area contributed by atoms with Gasteiger partial charge in [0, 0.05) is 23.2 Å². The minimum atomic E-state index is -1.01. The summed E-state index contributed by atoms with van der Waals surface area (Å²) in [5.41, 5.74) is 1.33. The molecule has 0 atom stereocenters. The number of hydrogen-bond donors (Lipinski definition) is 1. The average molecular weight is 234 g/mol. The first-order valence-corrected chi connectivity index (χ1v) is 5.00. The maximum absolute atomic E-state index is 10.5. The predicted molar refractivity (Wildman–Crippen MR) is 63.4 cm³/mol. The van der Waals surface area contributed by atoms with Gasteiger partial charge in [-0.2, -0.15) is 0 Å². The van der Waals surface area contributed by atoms with Crippen LogP contribution in [0.2, 0.25) is 5.02 Å². The van der Waals surface area contributed by atoms with Crippen LogP contribution in [0.15, 0.2) is 36.5 Å². The molecule has 2 rings (SSSR count). The minimum absolute atomic E-state index is 0.490. The normalized spacial score (nSPS) is 11.1. The van der Waals surface area contributed by atoms with Crippen LogP contribution in [0, 0.1) is 0 Å². The van der Waals surface area contributed by atoms with Crippen molar-refractivity contribution in [3.63, 3.8) is 0 Å². The zero-order valence-electron chi connectivity index (χ0n) is 8.22. The predicted octanol–water partition coefficient (Wildman–Crippen LogP) is 2.99. The maximum atomic E-state index is 10.5. The van der Waals surface area contributed by atoms with E-state index in [2.05, 4.69) is 4.98 Å². The Morgan fingerprint density at radius 1 is 1.38 bits per heavy atom. The van der Waals surface area contributed by atoms with Crippen LogP contribution < -0.4 is 0 Å². The molecule has 1 aromatic carbocycles. The van der Waals surface area contributed by atoms with Crippen LogP contribution in [-0.2, 0) is 4.79 Å². The van der Waals surface area contributed by atoms with E-state index in [4.69, 9.17) is 16.7 Å². The maximum Gasteiger partial charge on any atom is 0.328 e. The summed E-state index contributed by atoms with van der Waals surface area (Å²) in [4.78, 5) is 14.7. The van der Waals surface area contributed by atoms with Crippen LogP contribution in [0.3, 0.4) is 0 Å². The van der Waals surface area contributed by atoms with Crippen molar-refractivity contribution in [3.8, 4) is 0 Å². The van der Waals surface area contributed by atoms with Crippen molar-refractivity contribution in [2.75, 3.05) is 0 Å². The number of aromatic nitrogens is 1. The van der Waals surface area contributed by atoms with Crippen LogP contribution in [0.25, 0.3) is 17.0 Å². The molecule has 0 spiro atoms. The summed E-state index contributed by atoms with van der Waals surface area (Å²) in [5, 5.41) is 10.0. The van der Waals surface area contributed by atoms with Crippen LogP contribution in [0.4, 0.5) is 0 Å². The summed E-state index contributed by atoms with van der Waals surface area (Å²) < 4.78 is 0. The standard InChI is InChI=1S/C12H8ClNO2/c13-10-5-3-8-2-1-7-14-12(8)9(10)4-6-11(15)16/h1-7H,(H,15,16)/b6-4+. The van der Waals surface area contributed by atoms with Gasteiger partial charge in [-0.3, -0.25) is 4.98 Å². The number of aliphatic carboxylic acids is 1. The third-order valence-corrected chi connectivity index (χ3v) is 2.48. The van der Waals surface area contributed by atoms with Crippen LogP contribution in [0.5, 0.6) is 0 Å². The zero-order valence-corrected chi connectivity index (χ0v) is 8.98. The Morgan fingerprint density at radius 3 is 2.94 bits per heavy atom. The molecule has 0 saturated heterocycles. The fraction of sp³-hybridized carbons (Fsp3) is 0. The topological polar surface area (TPSA) is 50.2 Å². The first kappa shape index (κ1) is 10.6. The van der Waals surface area contributed by atoms with Crippen molar-refractivity contribution in [1.82, 2.24) is 4.98 Å². The van der Waals surface area contributed by atoms with Gasteiger partial charge < -0.3 is 5.11 Å². The lowest BCUT2D eigenvalue weighted by atomic mass is 10.1. The number of benzene rings is 1. The largest absolute Gasteiger partial charge is 0.478 e. The molecule has 0 amide bonds. The summed E-state index contributed by atoms with van der Waals surface area (Å²) in [6.45, 7) is 0. The molecule has 1 aromatic heterocycles. The molecule has 4 heteroatoms. The Hall–Kier alpha value is -1.87. The molecule has 1 heterocycles. The molecule has 3 nitrogen and oxygen atoms in total. The molecule has 0 aliphatic rings. The number of carboxylic acids is 1. The fourth-order valence-electron chi connectivity index (χ4n) is 1.46. The number of nitrogens with zero attached hydrogens (tertiary/aromatic N) is 1. The van der Waals surface area contributed by atoms with Gasteiger partial charge in [0.1, 0.15) is 0 Å². The highest BCUT2D eigenvalue weighted by molar-refractivity contribution is 6.33. The molecule has 0 radical (unpaired) electrons. The Labute approximate surface area is 97.0 Å². The third-order valence-electron chi connectivity index (χ3n) is 2.15. The monoisotopic (exact) mass is 233 g/mol. The number of hydrogen-bond acceptors (Lipinski definition) is 2.